The van der Waals surface area contributed by atoms with E-state index >= 15 is 0 Å². The lowest BCUT2D eigenvalue weighted by Crippen LogP contribution is -2.50. The molecule has 0 aromatic heterocycles. The highest BCUT2D eigenvalue weighted by atomic mass is 16.5. The van der Waals surface area contributed by atoms with Crippen molar-refractivity contribution in [3.8, 4) is 11.5 Å². The van der Waals surface area contributed by atoms with Crippen molar-refractivity contribution in [3.05, 3.63) is 23.8 Å². The van der Waals surface area contributed by atoms with E-state index in [-0.39, 0.29) is 24.4 Å². The van der Waals surface area contributed by atoms with Gasteiger partial charge in [-0.1, -0.05) is 13.3 Å². The van der Waals surface area contributed by atoms with E-state index in [9.17, 15) is 14.4 Å². The Kier molecular flexibility index (Phi) is 6.31. The maximum Gasteiger partial charge on any atom is 0.325 e. The summed E-state index contributed by atoms with van der Waals surface area (Å²) in [7, 11) is 3.21. The molecule has 1 aliphatic carbocycles. The summed E-state index contributed by atoms with van der Waals surface area (Å²) in [6, 6.07) is 4.92. The summed E-state index contributed by atoms with van der Waals surface area (Å²) in [5.41, 5.74) is 0.0490. The number of likely N-dealkylation sites (tertiary alicyclic amines) is 1. The average molecular weight is 444 g/mol. The topological polar surface area (TPSA) is 88.2 Å². The Bertz CT molecular complexity index is 894. The van der Waals surface area contributed by atoms with E-state index in [0.29, 0.717) is 36.8 Å². The van der Waals surface area contributed by atoms with Gasteiger partial charge in [0.25, 0.3) is 5.91 Å². The number of hydrogen-bond donors (Lipinski definition) is 1. The molecule has 1 aromatic carbocycles. The molecule has 1 atom stereocenters. The van der Waals surface area contributed by atoms with Crippen molar-refractivity contribution in [2.24, 2.45) is 5.92 Å². The molecule has 0 bridgehead atoms. The molecule has 4 rings (SSSR count). The van der Waals surface area contributed by atoms with Crippen LogP contribution in [0.25, 0.3) is 0 Å². The van der Waals surface area contributed by atoms with E-state index in [2.05, 4.69) is 12.2 Å². The van der Waals surface area contributed by atoms with Crippen molar-refractivity contribution in [1.82, 2.24) is 15.1 Å². The van der Waals surface area contributed by atoms with E-state index in [0.717, 1.165) is 42.6 Å². The number of nitrogens with one attached hydrogen (secondary N) is 1. The van der Waals surface area contributed by atoms with Gasteiger partial charge < -0.3 is 19.7 Å². The molecular formula is C24H33N3O5. The Hall–Kier alpha value is -2.77. The van der Waals surface area contributed by atoms with E-state index in [4.69, 9.17) is 9.47 Å². The molecule has 4 amide bonds. The van der Waals surface area contributed by atoms with E-state index in [1.165, 1.54) is 0 Å². The van der Waals surface area contributed by atoms with Crippen molar-refractivity contribution in [1.29, 1.82) is 0 Å². The van der Waals surface area contributed by atoms with Crippen LogP contribution in [0.3, 0.4) is 0 Å². The third-order valence-corrected chi connectivity index (χ3v) is 7.44. The summed E-state index contributed by atoms with van der Waals surface area (Å²) in [5.74, 6) is 1.51. The van der Waals surface area contributed by atoms with Crippen LogP contribution in [0.2, 0.25) is 0 Å². The van der Waals surface area contributed by atoms with Crippen molar-refractivity contribution < 1.29 is 23.9 Å². The normalized spacial score (nSPS) is 27.7. The molecule has 32 heavy (non-hydrogen) atoms. The molecule has 1 aromatic rings. The number of nitrogens with zero attached hydrogens (tertiary/aromatic N) is 2. The highest BCUT2D eigenvalue weighted by molar-refractivity contribution is 6.09. The number of methoxy groups -OCH3 is 2. The first-order valence-corrected chi connectivity index (χ1v) is 11.6. The van der Waals surface area contributed by atoms with Gasteiger partial charge in [-0.25, -0.2) is 4.79 Å². The summed E-state index contributed by atoms with van der Waals surface area (Å²) in [6.45, 7) is 2.51. The van der Waals surface area contributed by atoms with Crippen LogP contribution in [0, 0.1) is 5.92 Å². The van der Waals surface area contributed by atoms with Gasteiger partial charge in [0.15, 0.2) is 0 Å². The first-order chi connectivity index (χ1) is 15.4. The quantitative estimate of drug-likeness (QED) is 0.682. The molecule has 8 heteroatoms. The highest BCUT2D eigenvalue weighted by Gasteiger charge is 2.53. The predicted octanol–water partition coefficient (Wildman–Crippen LogP) is 3.26. The molecule has 0 radical (unpaired) electrons. The molecule has 1 spiro atoms. The van der Waals surface area contributed by atoms with Crippen LogP contribution in [-0.4, -0.2) is 60.5 Å². The van der Waals surface area contributed by atoms with Gasteiger partial charge in [-0.2, -0.15) is 0 Å². The molecule has 3 aliphatic rings. The number of amides is 4. The lowest BCUT2D eigenvalue weighted by atomic mass is 9.75. The van der Waals surface area contributed by atoms with Crippen molar-refractivity contribution in [2.45, 2.75) is 63.5 Å². The number of hydrogen-bond acceptors (Lipinski definition) is 5. The summed E-state index contributed by atoms with van der Waals surface area (Å²) < 4.78 is 10.9. The van der Waals surface area contributed by atoms with Gasteiger partial charge in [-0.15, -0.1) is 0 Å². The molecule has 2 saturated heterocycles. The zero-order valence-electron chi connectivity index (χ0n) is 19.2. The number of carbonyl (C=O) groups is 3. The Morgan fingerprint density at radius 1 is 1.16 bits per heavy atom. The summed E-state index contributed by atoms with van der Waals surface area (Å²) in [5, 5.41) is 2.92. The van der Waals surface area contributed by atoms with E-state index in [1.807, 2.05) is 18.2 Å². The third kappa shape index (κ3) is 3.91. The van der Waals surface area contributed by atoms with Crippen LogP contribution < -0.4 is 14.8 Å². The minimum Gasteiger partial charge on any atom is -0.497 e. The number of carbonyl (C=O) groups excluding carboxylic acids is 3. The first kappa shape index (κ1) is 22.4. The third-order valence-electron chi connectivity index (χ3n) is 7.44. The van der Waals surface area contributed by atoms with E-state index < -0.39 is 11.6 Å². The molecule has 174 valence electrons. The SMILES string of the molecule is CCC1CCC2(CC1)NC(=O)N(CC(=O)N1CCCC1c1cc(OC)ccc1OC)C2=O. The fraction of sp³-hybridized carbons (Fsp3) is 0.625. The zero-order valence-corrected chi connectivity index (χ0v) is 19.2. The van der Waals surface area contributed by atoms with Gasteiger partial charge in [-0.3, -0.25) is 14.5 Å². The van der Waals surface area contributed by atoms with Crippen LogP contribution in [0.1, 0.15) is 63.5 Å². The van der Waals surface area contributed by atoms with Gasteiger partial charge in [0, 0.05) is 12.1 Å². The number of benzene rings is 1. The van der Waals surface area contributed by atoms with Gasteiger partial charge >= 0.3 is 6.03 Å². The molecule has 8 nitrogen and oxygen atoms in total. The van der Waals surface area contributed by atoms with Gasteiger partial charge in [-0.05, 0) is 62.6 Å². The summed E-state index contributed by atoms with van der Waals surface area (Å²) >= 11 is 0. The number of rotatable bonds is 6. The Morgan fingerprint density at radius 2 is 1.91 bits per heavy atom. The smallest absolute Gasteiger partial charge is 0.325 e. The fourth-order valence-corrected chi connectivity index (χ4v) is 5.45. The molecule has 1 N–H and O–H groups in total. The predicted molar refractivity (Wildman–Crippen MR) is 118 cm³/mol. The monoisotopic (exact) mass is 443 g/mol. The minimum atomic E-state index is -0.830. The molecule has 2 aliphatic heterocycles. The maximum atomic E-state index is 13.3. The summed E-state index contributed by atoms with van der Waals surface area (Å²) in [6.07, 6.45) is 5.87. The highest BCUT2D eigenvalue weighted by Crippen LogP contribution is 2.40. The van der Waals surface area contributed by atoms with Crippen molar-refractivity contribution in [3.63, 3.8) is 0 Å². The van der Waals surface area contributed by atoms with Crippen LogP contribution >= 0.6 is 0 Å². The summed E-state index contributed by atoms with van der Waals surface area (Å²) in [4.78, 5) is 42.0. The van der Waals surface area contributed by atoms with Crippen LogP contribution in [-0.2, 0) is 9.59 Å². The van der Waals surface area contributed by atoms with Gasteiger partial charge in [0.2, 0.25) is 5.91 Å². The van der Waals surface area contributed by atoms with Crippen LogP contribution in [0.5, 0.6) is 11.5 Å². The second kappa shape index (κ2) is 9.00. The minimum absolute atomic E-state index is 0.178. The number of ether oxygens (including phenoxy) is 2. The molecule has 1 unspecified atom stereocenters. The molecule has 2 heterocycles. The van der Waals surface area contributed by atoms with E-state index in [1.54, 1.807) is 19.1 Å². The Balaban J connectivity index is 1.49. The lowest BCUT2D eigenvalue weighted by Gasteiger charge is -2.34. The zero-order chi connectivity index (χ0) is 22.9. The molecule has 1 saturated carbocycles. The first-order valence-electron chi connectivity index (χ1n) is 11.6. The van der Waals surface area contributed by atoms with Crippen LogP contribution in [0.4, 0.5) is 4.79 Å². The molecular weight excluding hydrogens is 410 g/mol. The van der Waals surface area contributed by atoms with Crippen LogP contribution in [0.15, 0.2) is 18.2 Å². The number of imide groups is 1. The second-order valence-electron chi connectivity index (χ2n) is 9.11. The molecule has 3 fully saturated rings. The largest absolute Gasteiger partial charge is 0.497 e. The average Bonchev–Trinajstić information content (AvgIpc) is 3.39. The standard InChI is InChI=1S/C24H33N3O5/c1-4-16-9-11-24(12-10-16)22(29)27(23(30)25-24)15-21(28)26-13-5-6-19(26)18-14-17(31-2)7-8-20(18)32-3/h7-8,14,16,19H,4-6,9-13,15H2,1-3H3,(H,25,30). The van der Waals surface area contributed by atoms with Gasteiger partial charge in [0.1, 0.15) is 23.6 Å². The second-order valence-corrected chi connectivity index (χ2v) is 9.11. The van der Waals surface area contributed by atoms with Crippen molar-refractivity contribution in [2.75, 3.05) is 27.3 Å². The fourth-order valence-electron chi connectivity index (χ4n) is 5.45. The Morgan fingerprint density at radius 3 is 2.56 bits per heavy atom. The maximum absolute atomic E-state index is 13.3. The lowest BCUT2D eigenvalue weighted by molar-refractivity contribution is -0.140. The Labute approximate surface area is 189 Å². The number of urea groups is 1. The van der Waals surface area contributed by atoms with Gasteiger partial charge in [0.05, 0.1) is 20.3 Å². The van der Waals surface area contributed by atoms with Crippen molar-refractivity contribution >= 4 is 17.8 Å².